The summed E-state index contributed by atoms with van der Waals surface area (Å²) in [6.45, 7) is 4.84. The van der Waals surface area contributed by atoms with Crippen molar-refractivity contribution in [3.05, 3.63) is 59.5 Å². The second-order valence-corrected chi connectivity index (χ2v) is 8.69. The number of hydrogen-bond donors (Lipinski definition) is 1. The Bertz CT molecular complexity index is 1110. The minimum atomic E-state index is -0.0282. The molecule has 0 radical (unpaired) electrons. The summed E-state index contributed by atoms with van der Waals surface area (Å²) in [4.78, 5) is 19.5. The third-order valence-corrected chi connectivity index (χ3v) is 6.14. The summed E-state index contributed by atoms with van der Waals surface area (Å²) in [5, 5.41) is 7.24. The van der Waals surface area contributed by atoms with E-state index in [-0.39, 0.29) is 11.8 Å². The molecule has 2 aromatic carbocycles. The number of carbonyl (C=O) groups excluding carboxylic acids is 1. The van der Waals surface area contributed by atoms with Gasteiger partial charge in [0.25, 0.3) is 0 Å². The molecule has 8 nitrogen and oxygen atoms in total. The van der Waals surface area contributed by atoms with Gasteiger partial charge in [0.15, 0.2) is 11.5 Å². The van der Waals surface area contributed by atoms with Crippen molar-refractivity contribution in [2.24, 2.45) is 5.92 Å². The largest absolute Gasteiger partial charge is 0.493 e. The smallest absolute Gasteiger partial charge is 0.241 e. The van der Waals surface area contributed by atoms with Gasteiger partial charge in [0.2, 0.25) is 17.6 Å². The summed E-state index contributed by atoms with van der Waals surface area (Å²) in [6, 6.07) is 13.9. The number of nitrogens with zero attached hydrogens (tertiary/aromatic N) is 3. The molecule has 0 saturated carbocycles. The van der Waals surface area contributed by atoms with Gasteiger partial charge in [-0.15, -0.1) is 0 Å². The van der Waals surface area contributed by atoms with Crippen LogP contribution in [0.15, 0.2) is 47.0 Å². The van der Waals surface area contributed by atoms with Crippen LogP contribution in [-0.2, 0) is 17.8 Å². The molecule has 1 aliphatic heterocycles. The molecule has 180 valence electrons. The van der Waals surface area contributed by atoms with Crippen molar-refractivity contribution < 1.29 is 18.8 Å². The molecule has 2 heterocycles. The Morgan fingerprint density at radius 3 is 2.82 bits per heavy atom. The molecule has 4 rings (SSSR count). The maximum atomic E-state index is 12.7. The summed E-state index contributed by atoms with van der Waals surface area (Å²) < 4.78 is 16.1. The number of methoxy groups -OCH3 is 2. The Kier molecular flexibility index (Phi) is 7.80. The molecule has 0 spiro atoms. The molecule has 1 N–H and O–H groups in total. The third kappa shape index (κ3) is 5.94. The lowest BCUT2D eigenvalue weighted by Crippen LogP contribution is -2.43. The Labute approximate surface area is 200 Å². The van der Waals surface area contributed by atoms with Crippen molar-refractivity contribution in [2.45, 2.75) is 32.7 Å². The molecule has 1 fully saturated rings. The van der Waals surface area contributed by atoms with E-state index >= 15 is 0 Å². The first-order valence-electron chi connectivity index (χ1n) is 11.7. The van der Waals surface area contributed by atoms with E-state index in [2.05, 4.69) is 51.5 Å². The molecule has 1 aromatic heterocycles. The molecule has 1 saturated heterocycles. The lowest BCUT2D eigenvalue weighted by atomic mass is 9.97. The third-order valence-electron chi connectivity index (χ3n) is 6.14. The molecule has 8 heteroatoms. The van der Waals surface area contributed by atoms with Crippen LogP contribution < -0.4 is 14.8 Å². The number of likely N-dealkylation sites (tertiary alicyclic amines) is 1. The predicted octanol–water partition coefficient (Wildman–Crippen LogP) is 3.63. The number of rotatable bonds is 9. The van der Waals surface area contributed by atoms with Crippen molar-refractivity contribution in [1.29, 1.82) is 0 Å². The fraction of sp³-hybridized carbons (Fsp3) is 0.423. The molecular weight excluding hydrogens is 432 g/mol. The SMILES string of the molecule is COc1ccc(-c2noc(CN3CCC[C@@H](C(=O)NCCc4cccc(C)c4)C3)n2)cc1OC. The van der Waals surface area contributed by atoms with E-state index in [9.17, 15) is 4.79 Å². The predicted molar refractivity (Wildman–Crippen MR) is 129 cm³/mol. The minimum absolute atomic E-state index is 0.0282. The van der Waals surface area contributed by atoms with Gasteiger partial charge in [-0.2, -0.15) is 4.98 Å². The fourth-order valence-electron chi connectivity index (χ4n) is 4.36. The van der Waals surface area contributed by atoms with E-state index < -0.39 is 0 Å². The van der Waals surface area contributed by atoms with E-state index in [1.54, 1.807) is 14.2 Å². The standard InChI is InChI=1S/C26H32N4O4/c1-18-6-4-7-19(14-18)11-12-27-26(31)21-8-5-13-30(16-21)17-24-28-25(29-34-24)20-9-10-22(32-2)23(15-20)33-3/h4,6-7,9-10,14-15,21H,5,8,11-13,16-17H2,1-3H3,(H,27,31)/t21-/m1/s1. The summed E-state index contributed by atoms with van der Waals surface area (Å²) in [6.07, 6.45) is 2.70. The highest BCUT2D eigenvalue weighted by atomic mass is 16.5. The maximum absolute atomic E-state index is 12.7. The molecule has 34 heavy (non-hydrogen) atoms. The topological polar surface area (TPSA) is 89.7 Å². The monoisotopic (exact) mass is 464 g/mol. The number of ether oxygens (including phenoxy) is 2. The average molecular weight is 465 g/mol. The van der Waals surface area contributed by atoms with Crippen LogP contribution in [0.25, 0.3) is 11.4 Å². The van der Waals surface area contributed by atoms with Crippen LogP contribution in [0, 0.1) is 12.8 Å². The van der Waals surface area contributed by atoms with Gasteiger partial charge in [-0.05, 0) is 56.5 Å². The summed E-state index contributed by atoms with van der Waals surface area (Å²) in [5.41, 5.74) is 3.27. The Balaban J connectivity index is 1.30. The van der Waals surface area contributed by atoms with Gasteiger partial charge in [0.05, 0.1) is 26.7 Å². The van der Waals surface area contributed by atoms with E-state index in [0.717, 1.165) is 31.4 Å². The number of carbonyl (C=O) groups is 1. The maximum Gasteiger partial charge on any atom is 0.241 e. The lowest BCUT2D eigenvalue weighted by Gasteiger charge is -2.30. The second-order valence-electron chi connectivity index (χ2n) is 8.69. The van der Waals surface area contributed by atoms with Gasteiger partial charge in [0.1, 0.15) is 0 Å². The van der Waals surface area contributed by atoms with Crippen LogP contribution >= 0.6 is 0 Å². The minimum Gasteiger partial charge on any atom is -0.493 e. The highest BCUT2D eigenvalue weighted by Crippen LogP contribution is 2.31. The summed E-state index contributed by atoms with van der Waals surface area (Å²) in [7, 11) is 3.19. The van der Waals surface area contributed by atoms with Crippen LogP contribution in [0.5, 0.6) is 11.5 Å². The zero-order chi connectivity index (χ0) is 23.9. The molecule has 0 aliphatic carbocycles. The quantitative estimate of drug-likeness (QED) is 0.517. The van der Waals surface area contributed by atoms with Gasteiger partial charge in [-0.3, -0.25) is 9.69 Å². The van der Waals surface area contributed by atoms with Gasteiger partial charge in [-0.1, -0.05) is 35.0 Å². The number of aryl methyl sites for hydroxylation is 1. The number of hydrogen-bond acceptors (Lipinski definition) is 7. The number of nitrogens with one attached hydrogen (secondary N) is 1. The zero-order valence-corrected chi connectivity index (χ0v) is 20.0. The molecule has 1 amide bonds. The first kappa shape index (κ1) is 23.8. The zero-order valence-electron chi connectivity index (χ0n) is 20.0. The van der Waals surface area contributed by atoms with E-state index in [4.69, 9.17) is 14.0 Å². The van der Waals surface area contributed by atoms with E-state index in [0.29, 0.717) is 42.8 Å². The number of piperidine rings is 1. The van der Waals surface area contributed by atoms with Gasteiger partial charge < -0.3 is 19.3 Å². The first-order valence-corrected chi connectivity index (χ1v) is 11.7. The average Bonchev–Trinajstić information content (AvgIpc) is 3.32. The van der Waals surface area contributed by atoms with Crippen LogP contribution in [-0.4, -0.2) is 54.8 Å². The van der Waals surface area contributed by atoms with E-state index in [1.165, 1.54) is 11.1 Å². The van der Waals surface area contributed by atoms with Gasteiger partial charge in [0, 0.05) is 18.7 Å². The van der Waals surface area contributed by atoms with Crippen LogP contribution in [0.3, 0.4) is 0 Å². The summed E-state index contributed by atoms with van der Waals surface area (Å²) >= 11 is 0. The number of amides is 1. The van der Waals surface area contributed by atoms with Crippen molar-refractivity contribution in [2.75, 3.05) is 33.9 Å². The van der Waals surface area contributed by atoms with Crippen molar-refractivity contribution in [3.63, 3.8) is 0 Å². The Morgan fingerprint density at radius 2 is 2.03 bits per heavy atom. The number of benzene rings is 2. The molecule has 3 aromatic rings. The van der Waals surface area contributed by atoms with Gasteiger partial charge >= 0.3 is 0 Å². The van der Waals surface area contributed by atoms with Crippen molar-refractivity contribution in [1.82, 2.24) is 20.4 Å². The molecular formula is C26H32N4O4. The van der Waals surface area contributed by atoms with Crippen molar-refractivity contribution in [3.8, 4) is 22.9 Å². The second kappa shape index (κ2) is 11.2. The lowest BCUT2D eigenvalue weighted by molar-refractivity contribution is -0.126. The van der Waals surface area contributed by atoms with Crippen LogP contribution in [0.2, 0.25) is 0 Å². The Hall–Kier alpha value is -3.39. The molecule has 1 atom stereocenters. The Morgan fingerprint density at radius 1 is 1.18 bits per heavy atom. The fourth-order valence-corrected chi connectivity index (χ4v) is 4.36. The van der Waals surface area contributed by atoms with Crippen LogP contribution in [0.4, 0.5) is 0 Å². The first-order chi connectivity index (χ1) is 16.6. The van der Waals surface area contributed by atoms with Gasteiger partial charge in [-0.25, -0.2) is 0 Å². The number of aromatic nitrogens is 2. The molecule has 1 aliphatic rings. The summed E-state index contributed by atoms with van der Waals surface area (Å²) in [5.74, 6) is 2.38. The molecule has 0 bridgehead atoms. The highest BCUT2D eigenvalue weighted by Gasteiger charge is 2.26. The normalized spacial score (nSPS) is 16.3. The van der Waals surface area contributed by atoms with E-state index in [1.807, 2.05) is 18.2 Å². The van der Waals surface area contributed by atoms with Crippen molar-refractivity contribution >= 4 is 5.91 Å². The molecule has 0 unspecified atom stereocenters. The van der Waals surface area contributed by atoms with Crippen LogP contribution in [0.1, 0.15) is 29.9 Å². The highest BCUT2D eigenvalue weighted by molar-refractivity contribution is 5.79.